The van der Waals surface area contributed by atoms with Crippen LogP contribution in [0.15, 0.2) is 72.4 Å². The first-order valence-electron chi connectivity index (χ1n) is 10.5. The van der Waals surface area contributed by atoms with Gasteiger partial charge in [0.15, 0.2) is 22.4 Å². The zero-order valence-electron chi connectivity index (χ0n) is 17.7. The monoisotopic (exact) mass is 460 g/mol. The SMILES string of the molecule is Nc1ncnc2c1ncn2CCCSc1nnc(-c2ccccc2F)n1Cc1ccccc1. The minimum atomic E-state index is -0.316. The second-order valence-electron chi connectivity index (χ2n) is 7.43. The van der Waals surface area contributed by atoms with Gasteiger partial charge in [-0.2, -0.15) is 0 Å². The molecular weight excluding hydrogens is 439 g/mol. The Kier molecular flexibility index (Phi) is 5.99. The Morgan fingerprint density at radius 1 is 0.939 bits per heavy atom. The molecule has 5 aromatic rings. The average Bonchev–Trinajstić information content (AvgIpc) is 3.43. The number of nitrogens with zero attached hydrogens (tertiary/aromatic N) is 7. The molecule has 10 heteroatoms. The van der Waals surface area contributed by atoms with Crippen molar-refractivity contribution in [3.8, 4) is 11.4 Å². The van der Waals surface area contributed by atoms with Crippen LogP contribution in [0.25, 0.3) is 22.6 Å². The van der Waals surface area contributed by atoms with E-state index in [4.69, 9.17) is 5.73 Å². The smallest absolute Gasteiger partial charge is 0.191 e. The van der Waals surface area contributed by atoms with Crippen LogP contribution in [0, 0.1) is 5.82 Å². The van der Waals surface area contributed by atoms with Gasteiger partial charge in [-0.15, -0.1) is 10.2 Å². The summed E-state index contributed by atoms with van der Waals surface area (Å²) < 4.78 is 18.4. The molecule has 2 N–H and O–H groups in total. The van der Waals surface area contributed by atoms with E-state index >= 15 is 0 Å². The lowest BCUT2D eigenvalue weighted by molar-refractivity contribution is 0.626. The fourth-order valence-corrected chi connectivity index (χ4v) is 4.47. The molecule has 0 radical (unpaired) electrons. The zero-order valence-corrected chi connectivity index (χ0v) is 18.5. The van der Waals surface area contributed by atoms with Gasteiger partial charge in [0.25, 0.3) is 0 Å². The summed E-state index contributed by atoms with van der Waals surface area (Å²) in [6.45, 7) is 1.29. The van der Waals surface area contributed by atoms with E-state index in [1.165, 1.54) is 12.4 Å². The Labute approximate surface area is 193 Å². The van der Waals surface area contributed by atoms with Crippen LogP contribution in [0.4, 0.5) is 10.2 Å². The molecule has 0 fully saturated rings. The summed E-state index contributed by atoms with van der Waals surface area (Å²) in [5.74, 6) is 1.38. The van der Waals surface area contributed by atoms with Gasteiger partial charge >= 0.3 is 0 Å². The number of nitrogen functional groups attached to an aromatic ring is 1. The van der Waals surface area contributed by atoms with E-state index in [0.29, 0.717) is 29.3 Å². The second-order valence-corrected chi connectivity index (χ2v) is 8.49. The fraction of sp³-hybridized carbons (Fsp3) is 0.174. The Balaban J connectivity index is 1.34. The fourth-order valence-electron chi connectivity index (χ4n) is 3.61. The van der Waals surface area contributed by atoms with Gasteiger partial charge in [-0.25, -0.2) is 19.3 Å². The number of nitrogens with two attached hydrogens (primary N) is 1. The van der Waals surface area contributed by atoms with E-state index < -0.39 is 0 Å². The first-order chi connectivity index (χ1) is 16.2. The molecule has 0 atom stereocenters. The molecule has 5 rings (SSSR count). The van der Waals surface area contributed by atoms with Crippen LogP contribution in [-0.4, -0.2) is 40.0 Å². The van der Waals surface area contributed by atoms with Crippen LogP contribution in [0.3, 0.4) is 0 Å². The molecule has 0 bridgehead atoms. The molecule has 0 unspecified atom stereocenters. The standard InChI is InChI=1S/C23H21FN8S/c24-18-10-5-4-9-17(18)21-29-30-23(32(21)13-16-7-2-1-3-8-16)33-12-6-11-31-15-28-19-20(25)26-14-27-22(19)31/h1-5,7-10,14-15H,6,11-13H2,(H2,25,26,27). The number of hydrogen-bond acceptors (Lipinski definition) is 7. The van der Waals surface area contributed by atoms with E-state index in [9.17, 15) is 4.39 Å². The maximum Gasteiger partial charge on any atom is 0.191 e. The lowest BCUT2D eigenvalue weighted by Crippen LogP contribution is -2.05. The van der Waals surface area contributed by atoms with Crippen LogP contribution in [0.1, 0.15) is 12.0 Å². The van der Waals surface area contributed by atoms with E-state index in [2.05, 4.69) is 25.1 Å². The second kappa shape index (κ2) is 9.37. The van der Waals surface area contributed by atoms with Gasteiger partial charge in [-0.3, -0.25) is 4.57 Å². The highest BCUT2D eigenvalue weighted by molar-refractivity contribution is 7.99. The number of fused-ring (bicyclic) bond motifs is 1. The summed E-state index contributed by atoms with van der Waals surface area (Å²) in [4.78, 5) is 12.6. The Bertz CT molecular complexity index is 1380. The maximum absolute atomic E-state index is 14.5. The highest BCUT2D eigenvalue weighted by Gasteiger charge is 2.17. The van der Waals surface area contributed by atoms with Crippen molar-refractivity contribution in [2.45, 2.75) is 24.7 Å². The van der Waals surface area contributed by atoms with Crippen LogP contribution < -0.4 is 5.73 Å². The van der Waals surface area contributed by atoms with E-state index in [0.717, 1.165) is 35.1 Å². The van der Waals surface area contributed by atoms with E-state index in [1.807, 2.05) is 39.5 Å². The number of aromatic nitrogens is 7. The molecule has 8 nitrogen and oxygen atoms in total. The first kappa shape index (κ1) is 21.1. The predicted octanol–water partition coefficient (Wildman–Crippen LogP) is 4.04. The van der Waals surface area contributed by atoms with E-state index in [1.54, 1.807) is 36.3 Å². The van der Waals surface area contributed by atoms with Crippen molar-refractivity contribution in [1.82, 2.24) is 34.3 Å². The van der Waals surface area contributed by atoms with Gasteiger partial charge in [0, 0.05) is 12.3 Å². The molecule has 0 aliphatic rings. The molecule has 0 aliphatic heterocycles. The lowest BCUT2D eigenvalue weighted by Gasteiger charge is -2.11. The number of aryl methyl sites for hydroxylation is 1. The van der Waals surface area contributed by atoms with Crippen LogP contribution in [0.2, 0.25) is 0 Å². The van der Waals surface area contributed by atoms with Crippen LogP contribution >= 0.6 is 11.8 Å². The number of hydrogen-bond donors (Lipinski definition) is 1. The van der Waals surface area contributed by atoms with Gasteiger partial charge < -0.3 is 10.3 Å². The van der Waals surface area contributed by atoms with Crippen molar-refractivity contribution < 1.29 is 4.39 Å². The quantitative estimate of drug-likeness (QED) is 0.276. The highest BCUT2D eigenvalue weighted by Crippen LogP contribution is 2.27. The molecule has 0 saturated carbocycles. The maximum atomic E-state index is 14.5. The average molecular weight is 461 g/mol. The van der Waals surface area contributed by atoms with Crippen molar-refractivity contribution in [2.24, 2.45) is 0 Å². The molecule has 0 aliphatic carbocycles. The molecule has 33 heavy (non-hydrogen) atoms. The van der Waals surface area contributed by atoms with Crippen LogP contribution in [-0.2, 0) is 13.1 Å². The third kappa shape index (κ3) is 4.42. The molecule has 3 aromatic heterocycles. The van der Waals surface area contributed by atoms with Gasteiger partial charge in [0.2, 0.25) is 0 Å². The third-order valence-corrected chi connectivity index (χ3v) is 6.27. The van der Waals surface area contributed by atoms with Gasteiger partial charge in [-0.1, -0.05) is 54.2 Å². The molecule has 166 valence electrons. The van der Waals surface area contributed by atoms with Crippen molar-refractivity contribution in [3.63, 3.8) is 0 Å². The summed E-state index contributed by atoms with van der Waals surface area (Å²) in [5.41, 5.74) is 8.74. The Morgan fingerprint density at radius 3 is 2.61 bits per heavy atom. The van der Waals surface area contributed by atoms with Crippen LogP contribution in [0.5, 0.6) is 0 Å². The summed E-state index contributed by atoms with van der Waals surface area (Å²) in [7, 11) is 0. The largest absolute Gasteiger partial charge is 0.382 e. The van der Waals surface area contributed by atoms with Gasteiger partial charge in [-0.05, 0) is 24.1 Å². The minimum absolute atomic E-state index is 0.316. The highest BCUT2D eigenvalue weighted by atomic mass is 32.2. The number of benzene rings is 2. The number of imidazole rings is 1. The van der Waals surface area contributed by atoms with Gasteiger partial charge in [0.05, 0.1) is 18.4 Å². The van der Waals surface area contributed by atoms with Gasteiger partial charge in [0.1, 0.15) is 17.7 Å². The molecule has 3 heterocycles. The minimum Gasteiger partial charge on any atom is -0.382 e. The Morgan fingerprint density at radius 2 is 1.76 bits per heavy atom. The number of rotatable bonds is 8. The van der Waals surface area contributed by atoms with Crippen molar-refractivity contribution in [3.05, 3.63) is 78.6 Å². The normalized spacial score (nSPS) is 11.3. The molecule has 0 saturated heterocycles. The molecule has 2 aromatic carbocycles. The summed E-state index contributed by atoms with van der Waals surface area (Å²) in [5, 5.41) is 9.46. The first-order valence-corrected chi connectivity index (χ1v) is 11.5. The molecule has 0 spiro atoms. The number of halogens is 1. The summed E-state index contributed by atoms with van der Waals surface area (Å²) in [6, 6.07) is 16.7. The van der Waals surface area contributed by atoms with Crippen molar-refractivity contribution in [1.29, 1.82) is 0 Å². The molecule has 0 amide bonds. The Hall–Kier alpha value is -3.79. The predicted molar refractivity (Wildman–Crippen MR) is 126 cm³/mol. The topological polar surface area (TPSA) is 100 Å². The summed E-state index contributed by atoms with van der Waals surface area (Å²) in [6.07, 6.45) is 4.03. The van der Waals surface area contributed by atoms with Crippen molar-refractivity contribution >= 4 is 28.7 Å². The number of anilines is 1. The molecular formula is C23H21FN8S. The lowest BCUT2D eigenvalue weighted by atomic mass is 10.2. The third-order valence-electron chi connectivity index (χ3n) is 5.22. The van der Waals surface area contributed by atoms with E-state index in [-0.39, 0.29) is 5.82 Å². The number of thioether (sulfide) groups is 1. The van der Waals surface area contributed by atoms with Crippen molar-refractivity contribution in [2.75, 3.05) is 11.5 Å². The zero-order chi connectivity index (χ0) is 22.6. The summed E-state index contributed by atoms with van der Waals surface area (Å²) >= 11 is 1.59.